The Balaban J connectivity index is 1.43. The Morgan fingerprint density at radius 3 is 2.04 bits per heavy atom. The summed E-state index contributed by atoms with van der Waals surface area (Å²) >= 11 is 2.90. The van der Waals surface area contributed by atoms with Crippen LogP contribution in [0.2, 0.25) is 0 Å². The SMILES string of the molecule is CC(C)[C@H](NC(=O)N(C)Cc1cscn1)C(=O)N[C@H](CC[C@H](Cc1ccccc1)NC(=O)OCc1cncs1)Cc1ccccc1. The molecule has 4 aromatic rings. The smallest absolute Gasteiger partial charge is 0.407 e. The predicted octanol–water partition coefficient (Wildman–Crippen LogP) is 5.81. The van der Waals surface area contributed by atoms with Crippen LogP contribution in [0.5, 0.6) is 0 Å². The van der Waals surface area contributed by atoms with Gasteiger partial charge in [-0.05, 0) is 42.7 Å². The summed E-state index contributed by atoms with van der Waals surface area (Å²) in [5.41, 5.74) is 6.39. The lowest BCUT2D eigenvalue weighted by Gasteiger charge is -2.28. The van der Waals surface area contributed by atoms with Crippen LogP contribution in [0.3, 0.4) is 0 Å². The Morgan fingerprint density at radius 2 is 1.50 bits per heavy atom. The van der Waals surface area contributed by atoms with Crippen LogP contribution in [0, 0.1) is 5.92 Å². The van der Waals surface area contributed by atoms with Crippen molar-refractivity contribution in [2.24, 2.45) is 5.92 Å². The van der Waals surface area contributed by atoms with Crippen LogP contribution in [0.25, 0.3) is 0 Å². The van der Waals surface area contributed by atoms with Crippen LogP contribution >= 0.6 is 22.7 Å². The van der Waals surface area contributed by atoms with Crippen LogP contribution in [-0.4, -0.2) is 58.1 Å². The molecule has 2 aromatic heterocycles. The summed E-state index contributed by atoms with van der Waals surface area (Å²) in [6.07, 6.45) is 3.58. The molecule has 0 bridgehead atoms. The van der Waals surface area contributed by atoms with E-state index in [1.165, 1.54) is 27.6 Å². The lowest BCUT2D eigenvalue weighted by Crippen LogP contribution is -2.54. The van der Waals surface area contributed by atoms with Crippen molar-refractivity contribution in [3.8, 4) is 0 Å². The number of carbonyl (C=O) groups excluding carboxylic acids is 3. The second kappa shape index (κ2) is 18.0. The molecule has 0 saturated carbocycles. The average Bonchev–Trinajstić information content (AvgIpc) is 3.77. The molecule has 3 atom stereocenters. The molecule has 4 rings (SSSR count). The minimum Gasteiger partial charge on any atom is -0.444 e. The molecular formula is C34H42N6O4S2. The number of nitrogens with one attached hydrogen (secondary N) is 3. The van der Waals surface area contributed by atoms with Gasteiger partial charge in [0, 0.05) is 30.7 Å². The molecule has 2 aromatic carbocycles. The Bertz CT molecular complexity index is 1470. The highest BCUT2D eigenvalue weighted by atomic mass is 32.1. The normalized spacial score (nSPS) is 13.0. The van der Waals surface area contributed by atoms with E-state index in [9.17, 15) is 14.4 Å². The van der Waals surface area contributed by atoms with Gasteiger partial charge >= 0.3 is 12.1 Å². The quantitative estimate of drug-likeness (QED) is 0.139. The standard InChI is InChI=1S/C34H42N6O4S2/c1-24(2)31(39-33(42)40(3)19-29-21-45-23-36-29)32(41)37-27(16-25-10-6-4-7-11-25)14-15-28(17-26-12-8-5-9-13-26)38-34(43)44-20-30-18-35-22-46-30/h4-13,18,21-24,27-28,31H,14-17,19-20H2,1-3H3,(H,37,41)(H,38,43)(H,39,42)/t27-,28-,31+/m1/s1. The molecule has 46 heavy (non-hydrogen) atoms. The van der Waals surface area contributed by atoms with Crippen molar-refractivity contribution in [3.63, 3.8) is 0 Å². The molecule has 0 saturated heterocycles. The van der Waals surface area contributed by atoms with E-state index in [0.29, 0.717) is 32.2 Å². The van der Waals surface area contributed by atoms with E-state index in [2.05, 4.69) is 25.9 Å². The predicted molar refractivity (Wildman–Crippen MR) is 181 cm³/mol. The third-order valence-corrected chi connectivity index (χ3v) is 8.86. The van der Waals surface area contributed by atoms with Gasteiger partial charge in [0.15, 0.2) is 0 Å². The number of hydrogen-bond donors (Lipinski definition) is 3. The Morgan fingerprint density at radius 1 is 0.870 bits per heavy atom. The number of rotatable bonds is 16. The van der Waals surface area contributed by atoms with Crippen molar-refractivity contribution in [2.75, 3.05) is 7.05 Å². The highest BCUT2D eigenvalue weighted by Crippen LogP contribution is 2.15. The van der Waals surface area contributed by atoms with E-state index in [1.54, 1.807) is 24.3 Å². The molecule has 0 aliphatic heterocycles. The largest absolute Gasteiger partial charge is 0.444 e. The lowest BCUT2D eigenvalue weighted by atomic mass is 9.95. The number of thiazole rings is 2. The minimum absolute atomic E-state index is 0.144. The number of alkyl carbamates (subject to hydrolysis) is 1. The summed E-state index contributed by atoms with van der Waals surface area (Å²) < 4.78 is 5.47. The fourth-order valence-corrected chi connectivity index (χ4v) is 6.06. The van der Waals surface area contributed by atoms with Crippen molar-refractivity contribution >= 4 is 40.7 Å². The maximum absolute atomic E-state index is 13.7. The van der Waals surface area contributed by atoms with Crippen molar-refractivity contribution in [1.82, 2.24) is 30.8 Å². The fourth-order valence-electron chi connectivity index (χ4n) is 5.01. The second-order valence-corrected chi connectivity index (χ2v) is 13.2. The molecule has 12 heteroatoms. The molecule has 4 amide bonds. The van der Waals surface area contributed by atoms with Gasteiger partial charge in [0.05, 0.1) is 28.1 Å². The third-order valence-electron chi connectivity index (χ3n) is 7.47. The van der Waals surface area contributed by atoms with Gasteiger partial charge in [0.25, 0.3) is 0 Å². The van der Waals surface area contributed by atoms with Crippen LogP contribution in [-0.2, 0) is 35.5 Å². The summed E-state index contributed by atoms with van der Waals surface area (Å²) in [4.78, 5) is 50.2. The molecular weight excluding hydrogens is 621 g/mol. The zero-order chi connectivity index (χ0) is 32.7. The molecule has 10 nitrogen and oxygen atoms in total. The van der Waals surface area contributed by atoms with Crippen LogP contribution in [0.1, 0.15) is 48.4 Å². The number of urea groups is 1. The van der Waals surface area contributed by atoms with Gasteiger partial charge in [0.2, 0.25) is 5.91 Å². The zero-order valence-electron chi connectivity index (χ0n) is 26.4. The maximum Gasteiger partial charge on any atom is 0.407 e. The summed E-state index contributed by atoms with van der Waals surface area (Å²) in [7, 11) is 1.68. The summed E-state index contributed by atoms with van der Waals surface area (Å²) in [6.45, 7) is 4.33. The average molecular weight is 663 g/mol. The van der Waals surface area contributed by atoms with Crippen molar-refractivity contribution in [3.05, 3.63) is 105 Å². The molecule has 0 radical (unpaired) electrons. The third kappa shape index (κ3) is 11.6. The van der Waals surface area contributed by atoms with Crippen molar-refractivity contribution < 1.29 is 19.1 Å². The van der Waals surface area contributed by atoms with Crippen LogP contribution in [0.4, 0.5) is 9.59 Å². The highest BCUT2D eigenvalue weighted by molar-refractivity contribution is 7.09. The first-order valence-electron chi connectivity index (χ1n) is 15.3. The molecule has 3 N–H and O–H groups in total. The topological polar surface area (TPSA) is 126 Å². The second-order valence-electron chi connectivity index (χ2n) is 11.6. The number of nitrogens with zero attached hydrogens (tertiary/aromatic N) is 3. The van der Waals surface area contributed by atoms with Crippen molar-refractivity contribution in [2.45, 2.75) is 70.8 Å². The van der Waals surface area contributed by atoms with E-state index in [1.807, 2.05) is 79.9 Å². The first-order chi connectivity index (χ1) is 22.3. The van der Waals surface area contributed by atoms with Gasteiger partial charge in [0.1, 0.15) is 12.6 Å². The van der Waals surface area contributed by atoms with Gasteiger partial charge in [-0.15, -0.1) is 22.7 Å². The summed E-state index contributed by atoms with van der Waals surface area (Å²) in [5.74, 6) is -0.391. The lowest BCUT2D eigenvalue weighted by molar-refractivity contribution is -0.124. The van der Waals surface area contributed by atoms with Crippen molar-refractivity contribution in [1.29, 1.82) is 0 Å². The molecule has 244 valence electrons. The molecule has 2 heterocycles. The van der Waals surface area contributed by atoms with Gasteiger partial charge in [-0.2, -0.15) is 0 Å². The van der Waals surface area contributed by atoms with Gasteiger partial charge < -0.3 is 25.6 Å². The Kier molecular flexibility index (Phi) is 13.5. The number of ether oxygens (including phenoxy) is 1. The monoisotopic (exact) mass is 662 g/mol. The molecule has 0 spiro atoms. The number of aromatic nitrogens is 2. The first-order valence-corrected chi connectivity index (χ1v) is 17.2. The van der Waals surface area contributed by atoms with E-state index in [4.69, 9.17) is 4.74 Å². The Hall–Kier alpha value is -4.29. The Labute approximate surface area is 278 Å². The van der Waals surface area contributed by atoms with Crippen LogP contribution < -0.4 is 16.0 Å². The van der Waals surface area contributed by atoms with E-state index >= 15 is 0 Å². The maximum atomic E-state index is 13.7. The van der Waals surface area contributed by atoms with E-state index in [0.717, 1.165) is 21.7 Å². The minimum atomic E-state index is -0.733. The fraction of sp³-hybridized carbons (Fsp3) is 0.382. The molecule has 0 aliphatic rings. The number of carbonyl (C=O) groups is 3. The number of amides is 4. The summed E-state index contributed by atoms with van der Waals surface area (Å²) in [5, 5.41) is 11.1. The molecule has 0 fully saturated rings. The van der Waals surface area contributed by atoms with Crippen LogP contribution in [0.15, 0.2) is 83.3 Å². The van der Waals surface area contributed by atoms with E-state index < -0.39 is 12.1 Å². The first kappa shape index (κ1) is 34.6. The number of benzene rings is 2. The summed E-state index contributed by atoms with van der Waals surface area (Å²) in [6, 6.07) is 18.4. The van der Waals surface area contributed by atoms with E-state index in [-0.39, 0.29) is 36.5 Å². The van der Waals surface area contributed by atoms with Gasteiger partial charge in [-0.25, -0.2) is 14.6 Å². The molecule has 0 unspecified atom stereocenters. The van der Waals surface area contributed by atoms with Gasteiger partial charge in [-0.1, -0.05) is 74.5 Å². The van der Waals surface area contributed by atoms with Gasteiger partial charge in [-0.3, -0.25) is 9.78 Å². The number of hydrogen-bond acceptors (Lipinski definition) is 8. The zero-order valence-corrected chi connectivity index (χ0v) is 28.1. The molecule has 0 aliphatic carbocycles. The highest BCUT2D eigenvalue weighted by Gasteiger charge is 2.28.